The molecule has 0 aliphatic carbocycles. The molecule has 0 saturated carbocycles. The molecule has 1 saturated heterocycles. The van der Waals surface area contributed by atoms with Gasteiger partial charge in [0.15, 0.2) is 11.0 Å². The van der Waals surface area contributed by atoms with Crippen LogP contribution >= 0.6 is 24.0 Å². The van der Waals surface area contributed by atoms with E-state index >= 15 is 0 Å². The van der Waals surface area contributed by atoms with Gasteiger partial charge in [-0.05, 0) is 73.4 Å². The van der Waals surface area contributed by atoms with E-state index in [0.717, 1.165) is 40.9 Å². The van der Waals surface area contributed by atoms with E-state index in [1.165, 1.54) is 34.9 Å². The molecular formula is C31H28F5N7O2S2. The number of nitrogens with one attached hydrogen (secondary N) is 2. The molecule has 4 aromatic rings. The van der Waals surface area contributed by atoms with Gasteiger partial charge in [-0.15, -0.1) is 5.10 Å². The number of thiocarbonyl (C=S) groups is 1. The summed E-state index contributed by atoms with van der Waals surface area (Å²) in [5.74, 6) is -0.0685. The third-order valence-electron chi connectivity index (χ3n) is 7.12. The number of aliphatic imine (C=N–C) groups is 1. The monoisotopic (exact) mass is 689 g/mol. The molecule has 9 nitrogen and oxygen atoms in total. The average molecular weight is 690 g/mol. The van der Waals surface area contributed by atoms with Crippen LogP contribution in [-0.2, 0) is 11.2 Å². The highest BCUT2D eigenvalue weighted by atomic mass is 32.2. The van der Waals surface area contributed by atoms with E-state index in [9.17, 15) is 26.7 Å². The van der Waals surface area contributed by atoms with Crippen LogP contribution in [0.2, 0.25) is 0 Å². The van der Waals surface area contributed by atoms with Crippen molar-refractivity contribution in [2.24, 2.45) is 4.99 Å². The summed E-state index contributed by atoms with van der Waals surface area (Å²) in [6.45, 7) is 5.92. The number of rotatable bonds is 9. The predicted octanol–water partition coefficient (Wildman–Crippen LogP) is 6.92. The van der Waals surface area contributed by atoms with Crippen molar-refractivity contribution in [1.29, 1.82) is 0 Å². The Kier molecular flexibility index (Phi) is 9.93. The molecule has 1 aliphatic heterocycles. The number of anilines is 1. The molecule has 1 fully saturated rings. The Bertz CT molecular complexity index is 1800. The van der Waals surface area contributed by atoms with Crippen LogP contribution in [0.5, 0.6) is 5.75 Å². The number of thioether (sulfide) groups is 1. The van der Waals surface area contributed by atoms with E-state index in [1.54, 1.807) is 4.90 Å². The van der Waals surface area contributed by atoms with Crippen molar-refractivity contribution in [3.05, 3.63) is 89.7 Å². The lowest BCUT2D eigenvalue weighted by Crippen LogP contribution is -2.41. The van der Waals surface area contributed by atoms with Gasteiger partial charge < -0.3 is 4.74 Å². The third kappa shape index (κ3) is 7.60. The predicted molar refractivity (Wildman–Crippen MR) is 174 cm³/mol. The first-order valence-electron chi connectivity index (χ1n) is 14.2. The summed E-state index contributed by atoms with van der Waals surface area (Å²) in [5, 5.41) is 5.05. The number of carbonyl (C=O) groups is 1. The first-order valence-corrected chi connectivity index (χ1v) is 15.6. The minimum atomic E-state index is -5.84. The number of carbonyl (C=O) groups excluding carboxylic acids is 1. The smallest absolute Gasteiger partial charge is 0.426 e. The highest BCUT2D eigenvalue weighted by Gasteiger charge is 2.61. The standard InChI is InChI=1S/C31H28F5N7O2S2/c1-4-20-7-5-6-18(2)26(20)43-25(44)16-47-29(43)38-28(46)40-39-19(3)21-8-10-22(11-9-21)27-37-17-42(41-27)23-12-14-24(15-13-23)45-31(35,36)30(32,33)34/h5-15,17,19,39H,4,16H2,1-3H3,(H,40,46)/b38-29-. The maximum atomic E-state index is 13.2. The zero-order valence-corrected chi connectivity index (χ0v) is 26.8. The zero-order chi connectivity index (χ0) is 33.9. The topological polar surface area (TPSA) is 96.7 Å². The van der Waals surface area contributed by atoms with E-state index in [-0.39, 0.29) is 22.8 Å². The van der Waals surface area contributed by atoms with Crippen molar-refractivity contribution >= 4 is 45.9 Å². The Morgan fingerprint density at radius 1 is 1.09 bits per heavy atom. The molecule has 1 aromatic heterocycles. The number of aromatic nitrogens is 3. The Morgan fingerprint density at radius 2 is 1.79 bits per heavy atom. The molecule has 3 aromatic carbocycles. The van der Waals surface area contributed by atoms with Crippen molar-refractivity contribution < 1.29 is 31.5 Å². The minimum Gasteiger partial charge on any atom is -0.426 e. The van der Waals surface area contributed by atoms with E-state index in [0.29, 0.717) is 22.2 Å². The average Bonchev–Trinajstić information content (AvgIpc) is 3.66. The van der Waals surface area contributed by atoms with Gasteiger partial charge in [0.1, 0.15) is 12.1 Å². The first kappa shape index (κ1) is 33.9. The molecule has 1 aliphatic rings. The van der Waals surface area contributed by atoms with Crippen LogP contribution < -0.4 is 20.5 Å². The number of halogens is 5. The van der Waals surface area contributed by atoms with Gasteiger partial charge in [0.25, 0.3) is 0 Å². The number of para-hydroxylation sites is 1. The van der Waals surface area contributed by atoms with E-state index in [4.69, 9.17) is 12.2 Å². The zero-order valence-electron chi connectivity index (χ0n) is 25.2. The van der Waals surface area contributed by atoms with Crippen LogP contribution in [0.3, 0.4) is 0 Å². The number of nitrogens with zero attached hydrogens (tertiary/aromatic N) is 5. The third-order valence-corrected chi connectivity index (χ3v) is 8.24. The molecule has 5 rings (SSSR count). The van der Waals surface area contributed by atoms with Crippen molar-refractivity contribution in [1.82, 2.24) is 25.6 Å². The molecule has 1 amide bonds. The summed E-state index contributed by atoms with van der Waals surface area (Å²) in [4.78, 5) is 23.2. The quantitative estimate of drug-likeness (QED) is 0.111. The van der Waals surface area contributed by atoms with Gasteiger partial charge in [-0.2, -0.15) is 26.9 Å². The Morgan fingerprint density at radius 3 is 2.45 bits per heavy atom. The Hall–Kier alpha value is -4.41. The highest BCUT2D eigenvalue weighted by Crippen LogP contribution is 2.37. The second-order valence-electron chi connectivity index (χ2n) is 10.4. The molecule has 0 bridgehead atoms. The van der Waals surface area contributed by atoms with E-state index < -0.39 is 18.0 Å². The summed E-state index contributed by atoms with van der Waals surface area (Å²) in [5.41, 5.74) is 10.9. The molecule has 16 heteroatoms. The second-order valence-corrected chi connectivity index (χ2v) is 11.7. The van der Waals surface area contributed by atoms with Crippen molar-refractivity contribution in [2.45, 2.75) is 45.5 Å². The van der Waals surface area contributed by atoms with Gasteiger partial charge in [-0.1, -0.05) is 61.2 Å². The Labute approximate surface area is 276 Å². The number of hydrogen-bond acceptors (Lipinski definition) is 7. The Balaban J connectivity index is 1.19. The van der Waals surface area contributed by atoms with Gasteiger partial charge in [0.2, 0.25) is 11.0 Å². The van der Waals surface area contributed by atoms with E-state index in [1.807, 2.05) is 63.2 Å². The summed E-state index contributed by atoms with van der Waals surface area (Å²) >= 11 is 6.78. The summed E-state index contributed by atoms with van der Waals surface area (Å²) in [6.07, 6.45) is -9.00. The fraction of sp³-hybridized carbons (Fsp3) is 0.258. The second kappa shape index (κ2) is 13.8. The highest BCUT2D eigenvalue weighted by molar-refractivity contribution is 8.15. The molecule has 0 spiro atoms. The number of aryl methyl sites for hydroxylation is 2. The van der Waals surface area contributed by atoms with Gasteiger partial charge in [0.05, 0.1) is 17.1 Å². The van der Waals surface area contributed by atoms with Crippen LogP contribution in [0.4, 0.5) is 27.6 Å². The normalized spacial score (nSPS) is 15.3. The summed E-state index contributed by atoms with van der Waals surface area (Å²) in [6, 6.07) is 17.6. The minimum absolute atomic E-state index is 0.0546. The largest absolute Gasteiger partial charge is 0.499 e. The van der Waals surface area contributed by atoms with Gasteiger partial charge in [-0.25, -0.2) is 15.1 Å². The lowest BCUT2D eigenvalue weighted by molar-refractivity contribution is -0.360. The van der Waals surface area contributed by atoms with Gasteiger partial charge in [-0.3, -0.25) is 15.1 Å². The lowest BCUT2D eigenvalue weighted by Gasteiger charge is -2.22. The van der Waals surface area contributed by atoms with Crippen molar-refractivity contribution in [3.63, 3.8) is 0 Å². The fourth-order valence-corrected chi connectivity index (χ4v) is 5.73. The summed E-state index contributed by atoms with van der Waals surface area (Å²) in [7, 11) is 0. The number of amidine groups is 1. The molecule has 2 N–H and O–H groups in total. The number of alkyl halides is 5. The van der Waals surface area contributed by atoms with Crippen LogP contribution in [0.25, 0.3) is 17.1 Å². The molecule has 1 atom stereocenters. The van der Waals surface area contributed by atoms with E-state index in [2.05, 4.69) is 30.7 Å². The number of amides is 1. The molecule has 0 radical (unpaired) electrons. The molecule has 2 heterocycles. The number of hydrogen-bond donors (Lipinski definition) is 2. The lowest BCUT2D eigenvalue weighted by atomic mass is 10.0. The van der Waals surface area contributed by atoms with Gasteiger partial charge in [0, 0.05) is 11.6 Å². The maximum absolute atomic E-state index is 13.2. The fourth-order valence-electron chi connectivity index (χ4n) is 4.67. The van der Waals surface area contributed by atoms with Crippen molar-refractivity contribution in [3.8, 4) is 22.8 Å². The van der Waals surface area contributed by atoms with Gasteiger partial charge >= 0.3 is 12.3 Å². The number of hydrazine groups is 1. The van der Waals surface area contributed by atoms with Crippen LogP contribution in [0, 0.1) is 6.92 Å². The number of benzene rings is 3. The molecule has 1 unspecified atom stereocenters. The maximum Gasteiger partial charge on any atom is 0.499 e. The first-order chi connectivity index (χ1) is 22.3. The summed E-state index contributed by atoms with van der Waals surface area (Å²) < 4.78 is 68.7. The van der Waals surface area contributed by atoms with Crippen LogP contribution in [0.15, 0.2) is 78.0 Å². The molecular weight excluding hydrogens is 662 g/mol. The molecule has 47 heavy (non-hydrogen) atoms. The van der Waals surface area contributed by atoms with Crippen LogP contribution in [-0.4, -0.2) is 49.0 Å². The van der Waals surface area contributed by atoms with Crippen LogP contribution in [0.1, 0.15) is 36.6 Å². The SMILES string of the molecule is CCc1cccc(C)c1N1C(=O)CS/C1=N\C(=S)NNC(C)c1ccc(-c2ncn(-c3ccc(OC(F)(F)C(F)(F)F)cc3)n2)cc1. The molecule has 246 valence electrons. The van der Waals surface area contributed by atoms with Crippen molar-refractivity contribution in [2.75, 3.05) is 10.7 Å². The number of ether oxygens (including phenoxy) is 1.